The number of nitrogens with zero attached hydrogens (tertiary/aromatic N) is 2. The second-order valence-electron chi connectivity index (χ2n) is 7.01. The normalized spacial score (nSPS) is 20.8. The Morgan fingerprint density at radius 2 is 1.94 bits per heavy atom. The van der Waals surface area contributed by atoms with Crippen LogP contribution in [0, 0.1) is 10.1 Å². The topological polar surface area (TPSA) is 121 Å². The maximum atomic E-state index is 12.3. The van der Waals surface area contributed by atoms with E-state index in [-0.39, 0.29) is 12.1 Å². The molecule has 31 heavy (non-hydrogen) atoms. The molecule has 3 aromatic rings. The van der Waals surface area contributed by atoms with E-state index in [1.165, 1.54) is 29.5 Å². The average molecular weight is 479 g/mol. The van der Waals surface area contributed by atoms with Gasteiger partial charge in [0.1, 0.15) is 5.00 Å². The Balaban J connectivity index is 1.72. The van der Waals surface area contributed by atoms with Gasteiger partial charge in [-0.2, -0.15) is 0 Å². The van der Waals surface area contributed by atoms with Crippen molar-refractivity contribution in [2.75, 3.05) is 4.31 Å². The quantitative estimate of drug-likeness (QED) is 0.282. The molecule has 0 amide bonds. The lowest BCUT2D eigenvalue weighted by Crippen LogP contribution is -2.45. The van der Waals surface area contributed by atoms with E-state index in [0.717, 1.165) is 14.7 Å². The molecule has 0 saturated heterocycles. The van der Waals surface area contributed by atoms with Crippen molar-refractivity contribution in [1.82, 2.24) is 0 Å². The van der Waals surface area contributed by atoms with Gasteiger partial charge in [-0.3, -0.25) is 14.7 Å². The fourth-order valence-corrected chi connectivity index (χ4v) is 5.87. The van der Waals surface area contributed by atoms with Crippen LogP contribution in [0.25, 0.3) is 10.4 Å². The third-order valence-electron chi connectivity index (χ3n) is 5.22. The number of benzene rings is 2. The molecule has 0 spiro atoms. The highest BCUT2D eigenvalue weighted by atomic mass is 35.5. The highest BCUT2D eigenvalue weighted by molar-refractivity contribution is 7.81. The molecule has 0 bridgehead atoms. The number of hydrogen-bond acceptors (Lipinski definition) is 5. The molecule has 0 radical (unpaired) electrons. The van der Waals surface area contributed by atoms with Crippen LogP contribution in [-0.4, -0.2) is 30.3 Å². The molecule has 8 nitrogen and oxygen atoms in total. The summed E-state index contributed by atoms with van der Waals surface area (Å²) in [4.78, 5) is 23.6. The smallest absolute Gasteiger partial charge is 0.331 e. The van der Waals surface area contributed by atoms with E-state index in [1.807, 2.05) is 0 Å². The van der Waals surface area contributed by atoms with Crippen molar-refractivity contribution in [3.05, 3.63) is 81.4 Å². The Labute approximate surface area is 188 Å². The first-order chi connectivity index (χ1) is 14.7. The summed E-state index contributed by atoms with van der Waals surface area (Å²) in [5.41, 5.74) is -0.584. The summed E-state index contributed by atoms with van der Waals surface area (Å²) in [6.45, 7) is 0. The van der Waals surface area contributed by atoms with Gasteiger partial charge in [0.15, 0.2) is 5.54 Å². The Morgan fingerprint density at radius 1 is 1.23 bits per heavy atom. The molecule has 3 atom stereocenters. The van der Waals surface area contributed by atoms with Crippen molar-refractivity contribution in [2.45, 2.75) is 17.9 Å². The average Bonchev–Trinajstić information content (AvgIpc) is 3.30. The van der Waals surface area contributed by atoms with Crippen LogP contribution >= 0.6 is 22.9 Å². The first kappa shape index (κ1) is 21.4. The van der Waals surface area contributed by atoms with E-state index in [0.29, 0.717) is 15.6 Å². The number of non-ortho nitro benzene ring substituents is 1. The molecule has 1 aliphatic carbocycles. The molecule has 2 aromatic carbocycles. The van der Waals surface area contributed by atoms with Crippen molar-refractivity contribution >= 4 is 50.9 Å². The molecule has 1 fully saturated rings. The summed E-state index contributed by atoms with van der Waals surface area (Å²) in [5.74, 6) is -1.95. The minimum atomic E-state index is -2.63. The van der Waals surface area contributed by atoms with Gasteiger partial charge < -0.3 is 5.11 Å². The summed E-state index contributed by atoms with van der Waals surface area (Å²) in [7, 11) is 0. The van der Waals surface area contributed by atoms with Crippen molar-refractivity contribution < 1.29 is 23.6 Å². The standard InChI is InChI=1S/C20H15ClN2O6S2/c21-14-6-4-12(5-7-14)17-8-9-18(30-17)22(31(28)29)20(19(24)25)11-16(20)13-2-1-3-15(10-13)23(26)27/h1-10,16H,11H2,(H,24,25)(H,28,29). The number of carboxylic acid groups (broad SMARTS) is 1. The number of carboxylic acids is 1. The third-order valence-corrected chi connectivity index (χ3v) is 7.55. The predicted octanol–water partition coefficient (Wildman–Crippen LogP) is 4.93. The van der Waals surface area contributed by atoms with E-state index >= 15 is 0 Å². The highest BCUT2D eigenvalue weighted by Gasteiger charge is 2.67. The maximum absolute atomic E-state index is 12.3. The number of nitro benzene ring substituents is 1. The molecule has 4 rings (SSSR count). The van der Waals surface area contributed by atoms with E-state index in [2.05, 4.69) is 0 Å². The van der Waals surface area contributed by atoms with Crippen LogP contribution in [-0.2, 0) is 16.1 Å². The van der Waals surface area contributed by atoms with Gasteiger partial charge in [0.05, 0.1) is 4.92 Å². The molecule has 1 heterocycles. The molecule has 1 saturated carbocycles. The zero-order chi connectivity index (χ0) is 22.3. The molecule has 3 unspecified atom stereocenters. The molecular formula is C20H15ClN2O6S2. The van der Waals surface area contributed by atoms with Crippen LogP contribution in [0.15, 0.2) is 60.7 Å². The molecular weight excluding hydrogens is 464 g/mol. The number of aliphatic carboxylic acids is 1. The Hall–Kier alpha value is -2.79. The number of carbonyl (C=O) groups is 1. The molecule has 160 valence electrons. The monoisotopic (exact) mass is 478 g/mol. The van der Waals surface area contributed by atoms with Gasteiger partial charge in [0, 0.05) is 28.0 Å². The second-order valence-corrected chi connectivity index (χ2v) is 9.33. The van der Waals surface area contributed by atoms with E-state index in [9.17, 15) is 28.8 Å². The van der Waals surface area contributed by atoms with Gasteiger partial charge in [0.2, 0.25) is 0 Å². The maximum Gasteiger partial charge on any atom is 0.331 e. The minimum absolute atomic E-state index is 0.0456. The Kier molecular flexibility index (Phi) is 5.56. The van der Waals surface area contributed by atoms with Gasteiger partial charge in [-0.05, 0) is 41.8 Å². The van der Waals surface area contributed by atoms with Gasteiger partial charge in [-0.1, -0.05) is 35.9 Å². The number of thiophene rings is 1. The molecule has 1 aromatic heterocycles. The third kappa shape index (κ3) is 3.83. The summed E-state index contributed by atoms with van der Waals surface area (Å²) >= 11 is 4.47. The minimum Gasteiger partial charge on any atom is -0.479 e. The molecule has 2 N–H and O–H groups in total. The Bertz CT molecular complexity index is 1200. The van der Waals surface area contributed by atoms with E-state index in [1.54, 1.807) is 42.5 Å². The van der Waals surface area contributed by atoms with Gasteiger partial charge in [0.25, 0.3) is 17.0 Å². The molecule has 11 heteroatoms. The van der Waals surface area contributed by atoms with Crippen LogP contribution in [0.1, 0.15) is 17.9 Å². The number of halogens is 1. The largest absolute Gasteiger partial charge is 0.479 e. The number of anilines is 1. The zero-order valence-electron chi connectivity index (χ0n) is 15.7. The molecule has 0 aliphatic heterocycles. The van der Waals surface area contributed by atoms with Crippen molar-refractivity contribution in [3.8, 4) is 10.4 Å². The van der Waals surface area contributed by atoms with Crippen LogP contribution in [0.3, 0.4) is 0 Å². The predicted molar refractivity (Wildman–Crippen MR) is 119 cm³/mol. The first-order valence-electron chi connectivity index (χ1n) is 8.99. The summed E-state index contributed by atoms with van der Waals surface area (Å²) in [6.07, 6.45) is 0.0456. The Morgan fingerprint density at radius 3 is 2.55 bits per heavy atom. The summed E-state index contributed by atoms with van der Waals surface area (Å²) in [6, 6.07) is 16.1. The fourth-order valence-electron chi connectivity index (χ4n) is 3.67. The van der Waals surface area contributed by atoms with Crippen molar-refractivity contribution in [2.24, 2.45) is 0 Å². The second kappa shape index (κ2) is 8.04. The van der Waals surface area contributed by atoms with E-state index < -0.39 is 33.6 Å². The number of hydrogen-bond donors (Lipinski definition) is 2. The lowest BCUT2D eigenvalue weighted by Gasteiger charge is -2.26. The number of nitro groups is 1. The summed E-state index contributed by atoms with van der Waals surface area (Å²) < 4.78 is 23.3. The zero-order valence-corrected chi connectivity index (χ0v) is 18.1. The fraction of sp³-hybridized carbons (Fsp3) is 0.150. The van der Waals surface area contributed by atoms with Crippen molar-refractivity contribution in [3.63, 3.8) is 0 Å². The lowest BCUT2D eigenvalue weighted by atomic mass is 10.1. The summed E-state index contributed by atoms with van der Waals surface area (Å²) in [5, 5.41) is 22.0. The van der Waals surface area contributed by atoms with Gasteiger partial charge >= 0.3 is 5.97 Å². The lowest BCUT2D eigenvalue weighted by molar-refractivity contribution is -0.384. The van der Waals surface area contributed by atoms with Crippen LogP contribution in [0.5, 0.6) is 0 Å². The van der Waals surface area contributed by atoms with Gasteiger partial charge in [-0.25, -0.2) is 13.3 Å². The van der Waals surface area contributed by atoms with E-state index in [4.69, 9.17) is 11.6 Å². The van der Waals surface area contributed by atoms with Crippen molar-refractivity contribution in [1.29, 1.82) is 0 Å². The molecule has 1 aliphatic rings. The van der Waals surface area contributed by atoms with Gasteiger partial charge in [-0.15, -0.1) is 11.3 Å². The number of rotatable bonds is 7. The first-order valence-corrected chi connectivity index (χ1v) is 11.2. The highest BCUT2D eigenvalue weighted by Crippen LogP contribution is 2.58. The van der Waals surface area contributed by atoms with Crippen LogP contribution in [0.2, 0.25) is 5.02 Å². The SMILES string of the molecule is O=C(O)C1(N(c2ccc(-c3ccc(Cl)cc3)s2)S(=O)O)CC1c1cccc([N+](=O)[O-])c1. The van der Waals surface area contributed by atoms with Crippen LogP contribution < -0.4 is 4.31 Å². The van der Waals surface area contributed by atoms with Crippen LogP contribution in [0.4, 0.5) is 10.7 Å².